The van der Waals surface area contributed by atoms with Crippen LogP contribution < -0.4 is 5.11 Å². The largest absolute Gasteiger partial charge is 0.868 e. The lowest BCUT2D eigenvalue weighted by Crippen LogP contribution is -2.08. The summed E-state index contributed by atoms with van der Waals surface area (Å²) >= 11 is 0. The molecule has 0 atom stereocenters. The van der Waals surface area contributed by atoms with Crippen LogP contribution in [0.3, 0.4) is 0 Å². The Labute approximate surface area is 73.5 Å². The van der Waals surface area contributed by atoms with E-state index in [4.69, 9.17) is 0 Å². The van der Waals surface area contributed by atoms with E-state index in [0.717, 1.165) is 0 Å². The van der Waals surface area contributed by atoms with Crippen molar-refractivity contribution in [2.45, 2.75) is 0 Å². The van der Waals surface area contributed by atoms with Crippen molar-refractivity contribution in [3.8, 4) is 5.75 Å². The van der Waals surface area contributed by atoms with E-state index < -0.39 is 39.6 Å². The molecule has 0 saturated heterocycles. The average molecular weight is 210 g/mol. The van der Waals surface area contributed by atoms with Crippen LogP contribution in [0.4, 0.5) is 23.2 Å². The van der Waals surface area contributed by atoms with Gasteiger partial charge < -0.3 is 5.11 Å². The highest BCUT2D eigenvalue weighted by Crippen LogP contribution is 2.31. The van der Waals surface area contributed by atoms with Crippen LogP contribution in [0.2, 0.25) is 0 Å². The Morgan fingerprint density at radius 2 is 1.29 bits per heavy atom. The first kappa shape index (κ1) is 10.2. The van der Waals surface area contributed by atoms with Gasteiger partial charge in [-0.05, 0) is 5.75 Å². The highest BCUT2D eigenvalue weighted by Gasteiger charge is 2.29. The van der Waals surface area contributed by atoms with Crippen LogP contribution in [0.1, 0.15) is 0 Å². The summed E-state index contributed by atoms with van der Waals surface area (Å²) in [5.41, 5.74) is -2.01. The summed E-state index contributed by atoms with van der Waals surface area (Å²) in [4.78, 5) is 8.29. The number of hydrogen-bond acceptors (Lipinski definition) is 3. The molecule has 0 aromatic heterocycles. The fourth-order valence-electron chi connectivity index (χ4n) is 0.760. The number of rotatable bonds is 1. The molecule has 1 aromatic carbocycles. The summed E-state index contributed by atoms with van der Waals surface area (Å²) in [5.74, 6) is -11.4. The first-order valence-electron chi connectivity index (χ1n) is 3.05. The molecule has 0 amide bonds. The number of nitrogens with zero attached hydrogens (tertiary/aromatic N) is 1. The standard InChI is InChI=1S/C6HF4NO3/c7-1-3(9)6(12)4(10)2(8)5(1)11(13)14/h12H/p-1. The molecule has 8 heteroatoms. The van der Waals surface area contributed by atoms with Gasteiger partial charge in [0.25, 0.3) is 0 Å². The number of nitro groups is 1. The highest BCUT2D eigenvalue weighted by atomic mass is 19.2. The van der Waals surface area contributed by atoms with Gasteiger partial charge in [0.05, 0.1) is 4.92 Å². The van der Waals surface area contributed by atoms with Crippen LogP contribution in [0.15, 0.2) is 0 Å². The Bertz CT molecular complexity index is 391. The van der Waals surface area contributed by atoms with Crippen LogP contribution in [-0.4, -0.2) is 4.92 Å². The van der Waals surface area contributed by atoms with E-state index in [2.05, 4.69) is 0 Å². The Morgan fingerprint density at radius 1 is 0.929 bits per heavy atom. The van der Waals surface area contributed by atoms with E-state index in [1.165, 1.54) is 0 Å². The van der Waals surface area contributed by atoms with Crippen molar-refractivity contribution in [1.29, 1.82) is 0 Å². The molecule has 0 heterocycles. The van der Waals surface area contributed by atoms with Crippen LogP contribution >= 0.6 is 0 Å². The van der Waals surface area contributed by atoms with Crippen LogP contribution in [0, 0.1) is 33.4 Å². The molecule has 0 saturated carbocycles. The van der Waals surface area contributed by atoms with Gasteiger partial charge in [-0.3, -0.25) is 10.1 Å². The molecule has 0 spiro atoms. The Balaban J connectivity index is 3.68. The van der Waals surface area contributed by atoms with E-state index in [1.54, 1.807) is 0 Å². The Morgan fingerprint density at radius 3 is 1.57 bits per heavy atom. The Hall–Kier alpha value is -1.86. The summed E-state index contributed by atoms with van der Waals surface area (Å²) in [7, 11) is 0. The lowest BCUT2D eigenvalue weighted by atomic mass is 10.2. The van der Waals surface area contributed by atoms with Gasteiger partial charge in [-0.2, -0.15) is 8.78 Å². The quantitative estimate of drug-likeness (QED) is 0.303. The third-order valence-corrected chi connectivity index (χ3v) is 1.38. The lowest BCUT2D eigenvalue weighted by Gasteiger charge is -2.09. The van der Waals surface area contributed by atoms with Gasteiger partial charge in [-0.1, -0.05) is 0 Å². The fraction of sp³-hybridized carbons (Fsp3) is 0. The summed E-state index contributed by atoms with van der Waals surface area (Å²) in [6.45, 7) is 0. The van der Waals surface area contributed by atoms with Gasteiger partial charge in [0, 0.05) is 0 Å². The van der Waals surface area contributed by atoms with E-state index >= 15 is 0 Å². The Kier molecular flexibility index (Phi) is 2.28. The number of halogens is 4. The second kappa shape index (κ2) is 3.13. The molecule has 1 aromatic rings. The van der Waals surface area contributed by atoms with Crippen molar-refractivity contribution in [3.63, 3.8) is 0 Å². The third-order valence-electron chi connectivity index (χ3n) is 1.38. The predicted molar refractivity (Wildman–Crippen MR) is 32.4 cm³/mol. The minimum absolute atomic E-state index is 1.66. The zero-order chi connectivity index (χ0) is 11.0. The first-order valence-corrected chi connectivity index (χ1v) is 3.05. The first-order chi connectivity index (χ1) is 6.37. The maximum absolute atomic E-state index is 12.5. The highest BCUT2D eigenvalue weighted by molar-refractivity contribution is 5.41. The van der Waals surface area contributed by atoms with Gasteiger partial charge >= 0.3 is 5.69 Å². The molecule has 0 unspecified atom stereocenters. The van der Waals surface area contributed by atoms with Crippen molar-refractivity contribution in [2.75, 3.05) is 0 Å². The third kappa shape index (κ3) is 1.24. The van der Waals surface area contributed by atoms with Crippen LogP contribution in [0.5, 0.6) is 5.75 Å². The van der Waals surface area contributed by atoms with Crippen molar-refractivity contribution in [3.05, 3.63) is 33.4 Å². The van der Waals surface area contributed by atoms with Gasteiger partial charge in [0.15, 0.2) is 11.6 Å². The maximum atomic E-state index is 12.5. The van der Waals surface area contributed by atoms with Crippen molar-refractivity contribution >= 4 is 5.69 Å². The molecule has 0 bridgehead atoms. The molecule has 1 rings (SSSR count). The molecule has 14 heavy (non-hydrogen) atoms. The average Bonchev–Trinajstić information content (AvgIpc) is 2.11. The topological polar surface area (TPSA) is 66.2 Å². The minimum Gasteiger partial charge on any atom is -0.868 e. The monoisotopic (exact) mass is 210 g/mol. The normalized spacial score (nSPS) is 10.3. The van der Waals surface area contributed by atoms with E-state index in [9.17, 15) is 32.8 Å². The fourth-order valence-corrected chi connectivity index (χ4v) is 0.760. The maximum Gasteiger partial charge on any atom is 0.346 e. The smallest absolute Gasteiger partial charge is 0.346 e. The van der Waals surface area contributed by atoms with Gasteiger partial charge in [0.1, 0.15) is 0 Å². The molecule has 0 aliphatic heterocycles. The van der Waals surface area contributed by atoms with Gasteiger partial charge in [0.2, 0.25) is 11.6 Å². The molecule has 0 N–H and O–H groups in total. The zero-order valence-electron chi connectivity index (χ0n) is 6.18. The van der Waals surface area contributed by atoms with Crippen molar-refractivity contribution in [1.82, 2.24) is 0 Å². The SMILES string of the molecule is O=[N+]([O-])c1c(F)c(F)c([O-])c(F)c1F. The molecule has 0 aliphatic carbocycles. The molecule has 76 valence electrons. The second-order valence-electron chi connectivity index (χ2n) is 2.19. The second-order valence-corrected chi connectivity index (χ2v) is 2.19. The van der Waals surface area contributed by atoms with Crippen LogP contribution in [-0.2, 0) is 0 Å². The van der Waals surface area contributed by atoms with Crippen molar-refractivity contribution in [2.24, 2.45) is 0 Å². The zero-order valence-corrected chi connectivity index (χ0v) is 6.18. The summed E-state index contributed by atoms with van der Waals surface area (Å²) < 4.78 is 49.8. The molecule has 0 fully saturated rings. The number of benzene rings is 1. The molecular formula is C6F4NO3-. The summed E-state index contributed by atoms with van der Waals surface area (Å²) in [6.07, 6.45) is 0. The number of hydrogen-bond donors (Lipinski definition) is 0. The lowest BCUT2D eigenvalue weighted by molar-refractivity contribution is -0.391. The molecule has 0 radical (unpaired) electrons. The van der Waals surface area contributed by atoms with Crippen LogP contribution in [0.25, 0.3) is 0 Å². The molecule has 0 aliphatic rings. The predicted octanol–water partition coefficient (Wildman–Crippen LogP) is 1.22. The number of nitro benzene ring substituents is 1. The minimum atomic E-state index is -2.31. The molecule has 4 nitrogen and oxygen atoms in total. The molecular weight excluding hydrogens is 210 g/mol. The van der Waals surface area contributed by atoms with E-state index in [1.807, 2.05) is 0 Å². The van der Waals surface area contributed by atoms with E-state index in [-0.39, 0.29) is 0 Å². The summed E-state index contributed by atoms with van der Waals surface area (Å²) in [6, 6.07) is 0. The van der Waals surface area contributed by atoms with Gasteiger partial charge in [-0.25, -0.2) is 8.78 Å². The van der Waals surface area contributed by atoms with Gasteiger partial charge in [-0.15, -0.1) is 0 Å². The summed E-state index contributed by atoms with van der Waals surface area (Å²) in [5, 5.41) is 20.3. The van der Waals surface area contributed by atoms with E-state index in [0.29, 0.717) is 0 Å². The van der Waals surface area contributed by atoms with Crippen molar-refractivity contribution < 1.29 is 27.6 Å².